The van der Waals surface area contributed by atoms with E-state index in [1.54, 1.807) is 0 Å². The first-order chi connectivity index (χ1) is 23.2. The van der Waals surface area contributed by atoms with E-state index < -0.39 is 73.1 Å². The summed E-state index contributed by atoms with van der Waals surface area (Å²) < 4.78 is 0. The first-order valence-electron chi connectivity index (χ1n) is 13.7. The molecular weight excluding hydrogens is 688 g/mol. The summed E-state index contributed by atoms with van der Waals surface area (Å²) >= 11 is 0. The summed E-state index contributed by atoms with van der Waals surface area (Å²) in [5.74, 6) is -5.75. The van der Waals surface area contributed by atoms with Gasteiger partial charge in [-0.15, -0.1) is 0 Å². The molecule has 0 aromatic heterocycles. The molecule has 0 aliphatic carbocycles. The number of carboxylic acid groups (broad SMARTS) is 6. The van der Waals surface area contributed by atoms with Gasteiger partial charge in [-0.25, -0.2) is 28.8 Å². The molecule has 0 aromatic rings. The highest BCUT2D eigenvalue weighted by Gasteiger charge is 2.26. The van der Waals surface area contributed by atoms with E-state index in [1.807, 2.05) is 6.92 Å². The molecule has 0 heterocycles. The van der Waals surface area contributed by atoms with E-state index in [9.17, 15) is 28.8 Å². The number of aliphatic hydroxyl groups excluding tert-OH is 7. The minimum atomic E-state index is -1.11. The number of hydrogen-bond acceptors (Lipinski definition) is 13. The molecule has 0 amide bonds. The Balaban J connectivity index is -0.0000000699. The van der Waals surface area contributed by atoms with Crippen LogP contribution >= 0.6 is 0 Å². The lowest BCUT2D eigenvalue weighted by molar-refractivity contribution is -0.133. The van der Waals surface area contributed by atoms with Crippen molar-refractivity contribution < 1.29 is 95.2 Å². The van der Waals surface area contributed by atoms with E-state index >= 15 is 0 Å². The molecule has 51 heavy (non-hydrogen) atoms. The molecule has 0 spiro atoms. The van der Waals surface area contributed by atoms with Crippen LogP contribution in [-0.4, -0.2) is 148 Å². The molecule has 0 atom stereocenters. The van der Waals surface area contributed by atoms with Gasteiger partial charge in [0.05, 0.1) is 51.7 Å². The molecule has 0 unspecified atom stereocenters. The SMILES string of the molecule is C=C(C)C(=O)O.C=C(C)C(=O)O.C=C(C)C(=O)O.C=CC(=O)O.C=CC(=O)O.C=CC(=O)O.CCC(CO)(CO)CO.OCC(CO)(CO)CO. The fraction of sp³-hybridized carbons (Fsp3) is 0.438. The fourth-order valence-electron chi connectivity index (χ4n) is 0.785. The third-order valence-electron chi connectivity index (χ3n) is 4.72. The van der Waals surface area contributed by atoms with Crippen molar-refractivity contribution in [2.24, 2.45) is 10.8 Å². The number of rotatable bonds is 14. The van der Waals surface area contributed by atoms with Gasteiger partial charge in [-0.05, 0) is 27.2 Å². The Morgan fingerprint density at radius 3 is 0.549 bits per heavy atom. The van der Waals surface area contributed by atoms with E-state index in [1.165, 1.54) is 20.8 Å². The van der Waals surface area contributed by atoms with Crippen LogP contribution in [0.2, 0.25) is 0 Å². The van der Waals surface area contributed by atoms with Crippen LogP contribution in [0.25, 0.3) is 0 Å². The van der Waals surface area contributed by atoms with Crippen LogP contribution in [-0.2, 0) is 28.8 Å². The molecular formula is C32H56O19. The molecule has 0 fully saturated rings. The summed E-state index contributed by atoms with van der Waals surface area (Å²) in [7, 11) is 0. The lowest BCUT2D eigenvalue weighted by Gasteiger charge is -2.24. The third-order valence-corrected chi connectivity index (χ3v) is 4.72. The predicted octanol–water partition coefficient (Wildman–Crippen LogP) is 0.0140. The molecule has 0 aliphatic heterocycles. The monoisotopic (exact) mass is 744 g/mol. The van der Waals surface area contributed by atoms with Gasteiger partial charge in [0.15, 0.2) is 0 Å². The Bertz CT molecular complexity index is 862. The maximum absolute atomic E-state index is 9.60. The van der Waals surface area contributed by atoms with Crippen molar-refractivity contribution in [3.05, 3.63) is 74.4 Å². The van der Waals surface area contributed by atoms with Crippen LogP contribution in [0.4, 0.5) is 0 Å². The molecule has 0 radical (unpaired) electrons. The molecule has 19 nitrogen and oxygen atoms in total. The lowest BCUT2D eigenvalue weighted by Crippen LogP contribution is -2.37. The minimum absolute atomic E-state index is 0.156. The normalized spacial score (nSPS) is 8.76. The summed E-state index contributed by atoms with van der Waals surface area (Å²) in [5.41, 5.74) is -1.25. The average molecular weight is 745 g/mol. The standard InChI is InChI=1S/C6H14O3.C5H12O4.3C4H6O2.3C3H4O2/c1-2-6(3-7,4-8)5-9;6-1-5(2-7,3-8)4-9;3*1-3(2)4(5)6;3*1-2-3(4)5/h7-9H,2-5H2,1H3;6-9H,1-4H2;3*1H2,2H3,(H,5,6);3*2H,1H2,(H,4,5). The van der Waals surface area contributed by atoms with E-state index in [2.05, 4.69) is 39.5 Å². The van der Waals surface area contributed by atoms with Gasteiger partial charge in [0.2, 0.25) is 0 Å². The van der Waals surface area contributed by atoms with Gasteiger partial charge >= 0.3 is 35.8 Å². The first-order valence-corrected chi connectivity index (χ1v) is 13.7. The Labute approximate surface area is 296 Å². The van der Waals surface area contributed by atoms with Crippen molar-refractivity contribution >= 4 is 35.8 Å². The molecule has 13 N–H and O–H groups in total. The Morgan fingerprint density at radius 2 is 0.549 bits per heavy atom. The number of carboxylic acids is 6. The number of aliphatic carboxylic acids is 6. The molecule has 298 valence electrons. The van der Waals surface area contributed by atoms with Gasteiger partial charge in [-0.1, -0.05) is 46.4 Å². The zero-order valence-electron chi connectivity index (χ0n) is 29.4. The van der Waals surface area contributed by atoms with Crippen LogP contribution in [0.3, 0.4) is 0 Å². The Kier molecular flexibility index (Phi) is 54.4. The van der Waals surface area contributed by atoms with Crippen molar-refractivity contribution in [2.75, 3.05) is 46.2 Å². The lowest BCUT2D eigenvalue weighted by atomic mass is 9.88. The molecule has 0 aromatic carbocycles. The van der Waals surface area contributed by atoms with Crippen LogP contribution in [0.15, 0.2) is 74.4 Å². The summed E-state index contributed by atoms with van der Waals surface area (Å²) in [6.45, 7) is 22.4. The van der Waals surface area contributed by atoms with Gasteiger partial charge < -0.3 is 66.4 Å². The van der Waals surface area contributed by atoms with Crippen molar-refractivity contribution in [3.8, 4) is 0 Å². The molecule has 0 saturated carbocycles. The average Bonchev–Trinajstić information content (AvgIpc) is 3.09. The van der Waals surface area contributed by atoms with Crippen LogP contribution in [0.5, 0.6) is 0 Å². The Hall–Kier alpha value is -5.02. The molecule has 0 saturated heterocycles. The third kappa shape index (κ3) is 60.8. The molecule has 0 rings (SSSR count). The second-order valence-corrected chi connectivity index (χ2v) is 9.34. The maximum atomic E-state index is 9.60. The highest BCUT2D eigenvalue weighted by molar-refractivity contribution is 5.85. The van der Waals surface area contributed by atoms with Crippen molar-refractivity contribution in [1.29, 1.82) is 0 Å². The van der Waals surface area contributed by atoms with Crippen LogP contribution < -0.4 is 0 Å². The zero-order valence-corrected chi connectivity index (χ0v) is 29.4. The zero-order chi connectivity index (χ0) is 43.0. The quantitative estimate of drug-likeness (QED) is 0.104. The fourth-order valence-corrected chi connectivity index (χ4v) is 0.785. The number of carbonyl (C=O) groups is 6. The second-order valence-electron chi connectivity index (χ2n) is 9.34. The Morgan fingerprint density at radius 1 is 0.431 bits per heavy atom. The maximum Gasteiger partial charge on any atom is 0.330 e. The van der Waals surface area contributed by atoms with Crippen molar-refractivity contribution in [1.82, 2.24) is 0 Å². The van der Waals surface area contributed by atoms with E-state index in [-0.39, 0.29) is 36.5 Å². The first kappa shape index (κ1) is 64.5. The van der Waals surface area contributed by atoms with Gasteiger partial charge in [0.25, 0.3) is 0 Å². The molecule has 0 bridgehead atoms. The topological polar surface area (TPSA) is 365 Å². The molecule has 19 heteroatoms. The minimum Gasteiger partial charge on any atom is -0.478 e. The van der Waals surface area contributed by atoms with E-state index in [0.717, 1.165) is 18.2 Å². The summed E-state index contributed by atoms with van der Waals surface area (Å²) in [4.78, 5) is 56.5. The predicted molar refractivity (Wildman–Crippen MR) is 186 cm³/mol. The smallest absolute Gasteiger partial charge is 0.330 e. The van der Waals surface area contributed by atoms with Gasteiger partial charge in [-0.2, -0.15) is 0 Å². The summed E-state index contributed by atoms with van der Waals surface area (Å²) in [6.07, 6.45) is 3.09. The van der Waals surface area contributed by atoms with E-state index in [0.29, 0.717) is 6.42 Å². The number of hydrogen-bond donors (Lipinski definition) is 13. The molecule has 0 aliphatic rings. The largest absolute Gasteiger partial charge is 0.478 e. The van der Waals surface area contributed by atoms with Crippen molar-refractivity contribution in [2.45, 2.75) is 34.1 Å². The van der Waals surface area contributed by atoms with Crippen LogP contribution in [0, 0.1) is 10.8 Å². The summed E-state index contributed by atoms with van der Waals surface area (Å²) in [5, 5.41) is 106. The van der Waals surface area contributed by atoms with Gasteiger partial charge in [0, 0.05) is 40.4 Å². The van der Waals surface area contributed by atoms with Gasteiger partial charge in [-0.3, -0.25) is 0 Å². The van der Waals surface area contributed by atoms with Crippen LogP contribution in [0.1, 0.15) is 34.1 Å². The second kappa shape index (κ2) is 43.0. The van der Waals surface area contributed by atoms with Crippen molar-refractivity contribution in [3.63, 3.8) is 0 Å². The highest BCUT2D eigenvalue weighted by Crippen LogP contribution is 2.18. The van der Waals surface area contributed by atoms with E-state index in [4.69, 9.17) is 66.4 Å². The highest BCUT2D eigenvalue weighted by atomic mass is 16.4. The number of aliphatic hydroxyl groups is 7. The summed E-state index contributed by atoms with van der Waals surface area (Å²) in [6, 6.07) is 0. The van der Waals surface area contributed by atoms with Gasteiger partial charge in [0.1, 0.15) is 0 Å².